The Morgan fingerprint density at radius 3 is 1.74 bits per heavy atom. The van der Waals surface area contributed by atoms with Gasteiger partial charge in [0.1, 0.15) is 0 Å². The lowest BCUT2D eigenvalue weighted by atomic mass is 9.74. The Morgan fingerprint density at radius 1 is 0.548 bits per heavy atom. The van der Waals surface area contributed by atoms with Crippen LogP contribution in [0.4, 0.5) is 0 Å². The Kier molecular flexibility index (Phi) is 4.17. The molecule has 2 unspecified atom stereocenters. The van der Waals surface area contributed by atoms with E-state index >= 15 is 0 Å². The molecule has 2 atom stereocenters. The summed E-state index contributed by atoms with van der Waals surface area (Å²) in [6.07, 6.45) is 9.26. The van der Waals surface area contributed by atoms with Crippen LogP contribution < -0.4 is 0 Å². The molecule has 0 bridgehead atoms. The second kappa shape index (κ2) is 7.69. The van der Waals surface area contributed by atoms with Crippen molar-refractivity contribution in [3.05, 3.63) is 139 Å². The van der Waals surface area contributed by atoms with Crippen molar-refractivity contribution < 1.29 is 0 Å². The van der Waals surface area contributed by atoms with E-state index in [-0.39, 0.29) is 5.41 Å². The molecule has 0 fully saturated rings. The average Bonchev–Trinajstić information content (AvgIpc) is 3.60. The predicted octanol–water partition coefficient (Wildman–Crippen LogP) is 10.9. The molecule has 0 aliphatic heterocycles. The number of fused-ring (bicyclic) bond motifs is 11. The molecule has 0 amide bonds. The van der Waals surface area contributed by atoms with Crippen LogP contribution in [-0.4, -0.2) is 4.40 Å². The predicted molar refractivity (Wildman–Crippen MR) is 179 cm³/mol. The van der Waals surface area contributed by atoms with Crippen LogP contribution >= 0.6 is 0 Å². The summed E-state index contributed by atoms with van der Waals surface area (Å²) in [7, 11) is 0. The molecule has 2 aliphatic rings. The van der Waals surface area contributed by atoms with E-state index in [9.17, 15) is 0 Å². The number of rotatable bonds is 1. The van der Waals surface area contributed by atoms with Gasteiger partial charge in [0, 0.05) is 27.5 Å². The molecule has 0 radical (unpaired) electrons. The molecule has 2 aromatic heterocycles. The maximum absolute atomic E-state index is 2.52. The number of allylic oxidation sites excluding steroid dienone is 4. The van der Waals surface area contributed by atoms with Gasteiger partial charge in [0.05, 0.1) is 16.6 Å². The van der Waals surface area contributed by atoms with Crippen molar-refractivity contribution in [2.75, 3.05) is 0 Å². The van der Waals surface area contributed by atoms with E-state index in [0.29, 0.717) is 11.8 Å². The quantitative estimate of drug-likeness (QED) is 0.197. The Bertz CT molecular complexity index is 2380. The molecule has 1 nitrogen and oxygen atoms in total. The summed E-state index contributed by atoms with van der Waals surface area (Å²) >= 11 is 0. The van der Waals surface area contributed by atoms with Gasteiger partial charge in [0.2, 0.25) is 0 Å². The molecule has 0 spiro atoms. The highest BCUT2D eigenvalue weighted by atomic mass is 14.9. The van der Waals surface area contributed by atoms with Crippen molar-refractivity contribution in [2.24, 2.45) is 5.92 Å². The fraction of sp³-hybridized carbons (Fsp3) is 0.122. The van der Waals surface area contributed by atoms with E-state index in [1.807, 2.05) is 0 Å². The fourth-order valence-electron chi connectivity index (χ4n) is 8.44. The van der Waals surface area contributed by atoms with E-state index in [4.69, 9.17) is 0 Å². The SMILES string of the molecule is CC1(C)c2cc(-c3cc4c5cc6ccccc6cc5n5c6cc7ccccc7cc6c(c3)c45)ccc2C2C=CC=CC21. The normalized spacial score (nSPS) is 19.2. The maximum Gasteiger partial charge on any atom is 0.0620 e. The number of nitrogens with zero attached hydrogens (tertiary/aromatic N) is 1. The topological polar surface area (TPSA) is 4.41 Å². The molecule has 2 heterocycles. The van der Waals surface area contributed by atoms with Crippen molar-refractivity contribution in [2.45, 2.75) is 25.2 Å². The summed E-state index contributed by atoms with van der Waals surface area (Å²) in [4.78, 5) is 0. The van der Waals surface area contributed by atoms with Crippen LogP contribution in [0.5, 0.6) is 0 Å². The molecule has 42 heavy (non-hydrogen) atoms. The highest BCUT2D eigenvalue weighted by Crippen LogP contribution is 2.54. The molecular weight excluding hydrogens is 506 g/mol. The lowest BCUT2D eigenvalue weighted by molar-refractivity contribution is 0.394. The van der Waals surface area contributed by atoms with Crippen molar-refractivity contribution in [3.63, 3.8) is 0 Å². The summed E-state index contributed by atoms with van der Waals surface area (Å²) in [6.45, 7) is 4.85. The van der Waals surface area contributed by atoms with E-state index in [2.05, 4.69) is 146 Å². The van der Waals surface area contributed by atoms with Crippen LogP contribution in [0.1, 0.15) is 30.9 Å². The Morgan fingerprint density at radius 2 is 1.12 bits per heavy atom. The number of hydrogen-bond donors (Lipinski definition) is 0. The second-order valence-corrected chi connectivity index (χ2v) is 13.0. The molecule has 0 N–H and O–H groups in total. The molecule has 10 rings (SSSR count). The number of benzene rings is 6. The van der Waals surface area contributed by atoms with Gasteiger partial charge in [-0.3, -0.25) is 0 Å². The van der Waals surface area contributed by atoms with Crippen molar-refractivity contribution in [1.82, 2.24) is 4.40 Å². The van der Waals surface area contributed by atoms with Gasteiger partial charge in [-0.25, -0.2) is 0 Å². The molecule has 0 saturated carbocycles. The minimum absolute atomic E-state index is 0.0958. The van der Waals surface area contributed by atoms with Gasteiger partial charge in [-0.2, -0.15) is 0 Å². The van der Waals surface area contributed by atoms with E-state index in [1.165, 1.54) is 81.9 Å². The van der Waals surface area contributed by atoms with Gasteiger partial charge in [0.15, 0.2) is 0 Å². The van der Waals surface area contributed by atoms with Crippen molar-refractivity contribution in [1.29, 1.82) is 0 Å². The first-order valence-corrected chi connectivity index (χ1v) is 15.1. The van der Waals surface area contributed by atoms with Crippen LogP contribution in [-0.2, 0) is 5.41 Å². The zero-order valence-corrected chi connectivity index (χ0v) is 23.7. The zero-order chi connectivity index (χ0) is 27.7. The van der Waals surface area contributed by atoms with E-state index in [1.54, 1.807) is 0 Å². The van der Waals surface area contributed by atoms with Gasteiger partial charge in [-0.1, -0.05) is 105 Å². The van der Waals surface area contributed by atoms with Crippen LogP contribution in [0.15, 0.2) is 127 Å². The molecule has 198 valence electrons. The lowest BCUT2D eigenvalue weighted by Gasteiger charge is -2.29. The van der Waals surface area contributed by atoms with Crippen molar-refractivity contribution in [3.8, 4) is 11.1 Å². The number of hydrogen-bond acceptors (Lipinski definition) is 0. The molecule has 0 saturated heterocycles. The van der Waals surface area contributed by atoms with Gasteiger partial charge >= 0.3 is 0 Å². The summed E-state index contributed by atoms with van der Waals surface area (Å²) in [5.41, 5.74) is 9.58. The van der Waals surface area contributed by atoms with Crippen molar-refractivity contribution >= 4 is 59.6 Å². The van der Waals surface area contributed by atoms with E-state index < -0.39 is 0 Å². The third-order valence-electron chi connectivity index (χ3n) is 10.5. The lowest BCUT2D eigenvalue weighted by Crippen LogP contribution is -2.24. The van der Waals surface area contributed by atoms with Gasteiger partial charge in [-0.15, -0.1) is 0 Å². The van der Waals surface area contributed by atoms with E-state index in [0.717, 1.165) is 0 Å². The maximum atomic E-state index is 2.52. The number of aromatic nitrogens is 1. The first-order valence-electron chi connectivity index (χ1n) is 15.1. The highest BCUT2D eigenvalue weighted by Gasteiger charge is 2.44. The summed E-state index contributed by atoms with van der Waals surface area (Å²) in [5.74, 6) is 0.986. The molecule has 1 heteroatoms. The second-order valence-electron chi connectivity index (χ2n) is 13.0. The summed E-state index contributed by atoms with van der Waals surface area (Å²) < 4.78 is 2.52. The zero-order valence-electron chi connectivity index (χ0n) is 23.7. The molecular formula is C41H29N. The Balaban J connectivity index is 1.32. The smallest absolute Gasteiger partial charge is 0.0620 e. The highest BCUT2D eigenvalue weighted by molar-refractivity contribution is 6.27. The van der Waals surface area contributed by atoms with Crippen LogP contribution in [0.25, 0.3) is 70.8 Å². The standard InChI is InChI=1S/C41H29N/c1-41(2)36-14-8-7-13-30(36)31-16-15-28(21-37(31)41)29-19-34-32-17-24-9-3-5-11-26(24)22-38(32)42-39-23-27-12-6-4-10-25(27)18-33(39)35(20-29)40(34)42/h3-23,30,36H,1-2H3. The van der Waals surface area contributed by atoms with Gasteiger partial charge in [-0.05, 0) is 91.5 Å². The molecule has 6 aromatic carbocycles. The summed E-state index contributed by atoms with van der Waals surface area (Å²) in [6, 6.07) is 39.3. The van der Waals surface area contributed by atoms with Crippen LogP contribution in [0, 0.1) is 5.92 Å². The Labute approximate surface area is 244 Å². The molecule has 2 aliphatic carbocycles. The first-order chi connectivity index (χ1) is 20.6. The minimum atomic E-state index is 0.0958. The molecule has 8 aromatic rings. The summed E-state index contributed by atoms with van der Waals surface area (Å²) in [5, 5.41) is 10.5. The average molecular weight is 536 g/mol. The minimum Gasteiger partial charge on any atom is -0.308 e. The first kappa shape index (κ1) is 22.8. The third kappa shape index (κ3) is 2.79. The fourth-order valence-corrected chi connectivity index (χ4v) is 8.44. The van der Waals surface area contributed by atoms with Crippen LogP contribution in [0.3, 0.4) is 0 Å². The largest absolute Gasteiger partial charge is 0.308 e. The van der Waals surface area contributed by atoms with Crippen LogP contribution in [0.2, 0.25) is 0 Å². The monoisotopic (exact) mass is 535 g/mol. The van der Waals surface area contributed by atoms with Gasteiger partial charge < -0.3 is 4.40 Å². The Hall–Kier alpha value is -4.88. The van der Waals surface area contributed by atoms with Gasteiger partial charge in [0.25, 0.3) is 0 Å². The third-order valence-corrected chi connectivity index (χ3v) is 10.5.